The Morgan fingerprint density at radius 2 is 1.47 bits per heavy atom. The average molecular weight is 252 g/mol. The molecule has 0 saturated heterocycles. The van der Waals surface area contributed by atoms with Gasteiger partial charge in [-0.2, -0.15) is 0 Å². The molecule has 1 N–H and O–H groups in total. The predicted octanol–water partition coefficient (Wildman–Crippen LogP) is -0.312. The van der Waals surface area contributed by atoms with Crippen molar-refractivity contribution < 1.29 is 28.8 Å². The van der Waals surface area contributed by atoms with Crippen LogP contribution in [0.2, 0.25) is 0 Å². The van der Waals surface area contributed by atoms with Crippen LogP contribution in [0, 0.1) is 0 Å². The molecule has 0 saturated carbocycles. The first-order valence-corrected chi connectivity index (χ1v) is 5.59. The van der Waals surface area contributed by atoms with Crippen LogP contribution in [0.25, 0.3) is 0 Å². The maximum atomic E-state index is 8.66. The van der Waals surface area contributed by atoms with Gasteiger partial charge >= 0.3 is 0 Å². The van der Waals surface area contributed by atoms with Crippen molar-refractivity contribution in [3.05, 3.63) is 0 Å². The molecule has 6 heteroatoms. The van der Waals surface area contributed by atoms with Crippen LogP contribution < -0.4 is 0 Å². The highest BCUT2D eigenvalue weighted by Crippen LogP contribution is 1.98. The molecular formula is C11H24O6. The summed E-state index contributed by atoms with van der Waals surface area (Å²) >= 11 is 0. The Balaban J connectivity index is 3.70. The van der Waals surface area contributed by atoms with E-state index in [9.17, 15) is 0 Å². The van der Waals surface area contributed by atoms with Gasteiger partial charge in [-0.15, -0.1) is 0 Å². The predicted molar refractivity (Wildman–Crippen MR) is 62.2 cm³/mol. The first-order valence-electron chi connectivity index (χ1n) is 5.59. The number of aliphatic hydroxyl groups is 1. The summed E-state index contributed by atoms with van der Waals surface area (Å²) in [7, 11) is 4.82. The van der Waals surface area contributed by atoms with Crippen molar-refractivity contribution in [1.82, 2.24) is 0 Å². The Bertz CT molecular complexity index is 155. The van der Waals surface area contributed by atoms with E-state index in [4.69, 9.17) is 28.8 Å². The molecule has 104 valence electrons. The zero-order valence-electron chi connectivity index (χ0n) is 10.9. The van der Waals surface area contributed by atoms with E-state index in [1.54, 1.807) is 21.3 Å². The highest BCUT2D eigenvalue weighted by Gasteiger charge is 2.12. The van der Waals surface area contributed by atoms with Gasteiger partial charge in [-0.25, -0.2) is 0 Å². The quantitative estimate of drug-likeness (QED) is 0.514. The normalized spacial score (nSPS) is 14.8. The van der Waals surface area contributed by atoms with E-state index in [1.165, 1.54) is 0 Å². The van der Waals surface area contributed by atoms with Gasteiger partial charge in [0.05, 0.1) is 39.6 Å². The third-order valence-electron chi connectivity index (χ3n) is 2.09. The van der Waals surface area contributed by atoms with Gasteiger partial charge in [0.1, 0.15) is 12.2 Å². The maximum absolute atomic E-state index is 8.66. The number of aliphatic hydroxyl groups excluding tert-OH is 1. The lowest BCUT2D eigenvalue weighted by molar-refractivity contribution is -0.0838. The Hall–Kier alpha value is -0.240. The molecule has 0 aliphatic heterocycles. The van der Waals surface area contributed by atoms with Crippen LogP contribution in [0.1, 0.15) is 0 Å². The second-order valence-corrected chi connectivity index (χ2v) is 3.52. The van der Waals surface area contributed by atoms with Gasteiger partial charge in [-0.3, -0.25) is 0 Å². The molecule has 6 nitrogen and oxygen atoms in total. The number of methoxy groups -OCH3 is 3. The Labute approximate surface area is 103 Å². The molecule has 0 radical (unpaired) electrons. The van der Waals surface area contributed by atoms with Gasteiger partial charge in [0.25, 0.3) is 0 Å². The molecule has 0 fully saturated rings. The summed E-state index contributed by atoms with van der Waals surface area (Å²) in [5, 5.41) is 8.66. The fourth-order valence-electron chi connectivity index (χ4n) is 1.25. The molecule has 0 aromatic carbocycles. The van der Waals surface area contributed by atoms with Crippen LogP contribution in [0.4, 0.5) is 0 Å². The fourth-order valence-corrected chi connectivity index (χ4v) is 1.25. The summed E-state index contributed by atoms with van der Waals surface area (Å²) < 4.78 is 25.9. The van der Waals surface area contributed by atoms with E-state index in [-0.39, 0.29) is 25.4 Å². The third kappa shape index (κ3) is 9.46. The zero-order chi connectivity index (χ0) is 12.9. The van der Waals surface area contributed by atoms with E-state index in [0.29, 0.717) is 26.4 Å². The molecule has 0 aliphatic rings. The van der Waals surface area contributed by atoms with Crippen molar-refractivity contribution in [2.75, 3.05) is 61.0 Å². The molecular weight excluding hydrogens is 228 g/mol. The molecule has 2 atom stereocenters. The largest absolute Gasteiger partial charge is 0.394 e. The van der Waals surface area contributed by atoms with Crippen LogP contribution in [-0.2, 0) is 23.7 Å². The summed E-state index contributed by atoms with van der Waals surface area (Å²) in [6.45, 7) is 2.03. The standard InChI is InChI=1S/C11H24O6/c1-13-6-10(15-3)8-16-9-11(7-14-2)17-5-4-12/h10-12H,4-9H2,1-3H3. The summed E-state index contributed by atoms with van der Waals surface area (Å²) in [6, 6.07) is 0. The summed E-state index contributed by atoms with van der Waals surface area (Å²) in [5.74, 6) is 0. The Kier molecular flexibility index (Phi) is 12.1. The van der Waals surface area contributed by atoms with Crippen molar-refractivity contribution in [2.24, 2.45) is 0 Å². The lowest BCUT2D eigenvalue weighted by Gasteiger charge is -2.19. The van der Waals surface area contributed by atoms with Gasteiger partial charge in [-0.1, -0.05) is 0 Å². The molecule has 0 heterocycles. The Morgan fingerprint density at radius 1 is 0.882 bits per heavy atom. The first kappa shape index (κ1) is 16.8. The van der Waals surface area contributed by atoms with Crippen molar-refractivity contribution in [1.29, 1.82) is 0 Å². The highest BCUT2D eigenvalue weighted by molar-refractivity contribution is 4.58. The number of rotatable bonds is 12. The monoisotopic (exact) mass is 252 g/mol. The topological polar surface area (TPSA) is 66.4 Å². The molecule has 0 aliphatic carbocycles. The molecule has 0 amide bonds. The van der Waals surface area contributed by atoms with Crippen LogP contribution in [0.3, 0.4) is 0 Å². The van der Waals surface area contributed by atoms with E-state index in [1.807, 2.05) is 0 Å². The molecule has 0 aromatic heterocycles. The molecule has 17 heavy (non-hydrogen) atoms. The number of hydrogen-bond donors (Lipinski definition) is 1. The fraction of sp³-hybridized carbons (Fsp3) is 1.00. The molecule has 2 unspecified atom stereocenters. The average Bonchev–Trinajstić information content (AvgIpc) is 2.34. The lowest BCUT2D eigenvalue weighted by atomic mass is 10.4. The van der Waals surface area contributed by atoms with Gasteiger partial charge in [0.2, 0.25) is 0 Å². The van der Waals surface area contributed by atoms with Crippen molar-refractivity contribution in [2.45, 2.75) is 12.2 Å². The second kappa shape index (κ2) is 12.2. The second-order valence-electron chi connectivity index (χ2n) is 3.52. The molecule has 0 rings (SSSR count). The highest BCUT2D eigenvalue weighted by atomic mass is 16.6. The summed E-state index contributed by atoms with van der Waals surface area (Å²) in [5.41, 5.74) is 0. The van der Waals surface area contributed by atoms with Crippen LogP contribution in [-0.4, -0.2) is 78.3 Å². The minimum Gasteiger partial charge on any atom is -0.394 e. The van der Waals surface area contributed by atoms with E-state index in [0.717, 1.165) is 0 Å². The molecule has 0 aromatic rings. The minimum absolute atomic E-state index is 0.00934. The van der Waals surface area contributed by atoms with Gasteiger partial charge < -0.3 is 28.8 Å². The minimum atomic E-state index is -0.174. The number of hydrogen-bond acceptors (Lipinski definition) is 6. The van der Waals surface area contributed by atoms with Crippen LogP contribution in [0.15, 0.2) is 0 Å². The summed E-state index contributed by atoms with van der Waals surface area (Å²) in [6.07, 6.45) is -0.256. The van der Waals surface area contributed by atoms with E-state index < -0.39 is 0 Å². The smallest absolute Gasteiger partial charge is 0.104 e. The van der Waals surface area contributed by atoms with Crippen LogP contribution in [0.5, 0.6) is 0 Å². The summed E-state index contributed by atoms with van der Waals surface area (Å²) in [4.78, 5) is 0. The van der Waals surface area contributed by atoms with E-state index >= 15 is 0 Å². The molecule has 0 bridgehead atoms. The van der Waals surface area contributed by atoms with Gasteiger partial charge in [-0.05, 0) is 0 Å². The van der Waals surface area contributed by atoms with Crippen molar-refractivity contribution in [3.63, 3.8) is 0 Å². The van der Waals surface area contributed by atoms with Gasteiger partial charge in [0, 0.05) is 21.3 Å². The first-order chi connectivity index (χ1) is 8.28. The van der Waals surface area contributed by atoms with Crippen LogP contribution >= 0.6 is 0 Å². The number of ether oxygens (including phenoxy) is 5. The molecule has 0 spiro atoms. The van der Waals surface area contributed by atoms with Crippen molar-refractivity contribution >= 4 is 0 Å². The lowest BCUT2D eigenvalue weighted by Crippen LogP contribution is -2.30. The maximum Gasteiger partial charge on any atom is 0.104 e. The zero-order valence-corrected chi connectivity index (χ0v) is 10.9. The van der Waals surface area contributed by atoms with E-state index in [2.05, 4.69) is 0 Å². The van der Waals surface area contributed by atoms with Crippen molar-refractivity contribution in [3.8, 4) is 0 Å². The van der Waals surface area contributed by atoms with Gasteiger partial charge in [0.15, 0.2) is 0 Å². The Morgan fingerprint density at radius 3 is 2.00 bits per heavy atom. The third-order valence-corrected chi connectivity index (χ3v) is 2.09. The SMILES string of the molecule is COCC(COCC(COC)OCCO)OC.